The van der Waals surface area contributed by atoms with E-state index in [1.807, 2.05) is 48.5 Å². The summed E-state index contributed by atoms with van der Waals surface area (Å²) in [6.45, 7) is 7.50. The van der Waals surface area contributed by atoms with Gasteiger partial charge in [0.05, 0.1) is 6.54 Å². The largest absolute Gasteiger partial charge is 0.441 e. The Bertz CT molecular complexity index is 1530. The van der Waals surface area contributed by atoms with Crippen molar-refractivity contribution in [3.8, 4) is 11.1 Å². The first kappa shape index (κ1) is 27.3. The molecular weight excluding hydrogens is 509 g/mol. The fourth-order valence-corrected chi connectivity index (χ4v) is 5.79. The molecule has 40 heavy (non-hydrogen) atoms. The number of benzene rings is 3. The third-order valence-electron chi connectivity index (χ3n) is 7.86. The smallest absolute Gasteiger partial charge is 0.415 e. The first-order chi connectivity index (χ1) is 19.3. The van der Waals surface area contributed by atoms with Crippen LogP contribution in [0.5, 0.6) is 0 Å². The van der Waals surface area contributed by atoms with Gasteiger partial charge in [0.15, 0.2) is 0 Å². The Balaban J connectivity index is 0.00000103. The number of amides is 1. The van der Waals surface area contributed by atoms with Crippen molar-refractivity contribution in [2.45, 2.75) is 44.9 Å². The zero-order valence-electron chi connectivity index (χ0n) is 22.7. The number of para-hydroxylation sites is 1. The molecule has 0 N–H and O–H groups in total. The zero-order valence-corrected chi connectivity index (χ0v) is 22.7. The SMILES string of the molecule is CC(C)n1cc(CN2CCC3(CC2)CN(c2ccccc2)C(=O)O3)c2cc(-c3ccccc3F)ccc21.O=C=O. The van der Waals surface area contributed by atoms with Gasteiger partial charge in [-0.15, -0.1) is 0 Å². The topological polar surface area (TPSA) is 71.8 Å². The first-order valence-corrected chi connectivity index (χ1v) is 13.5. The van der Waals surface area contributed by atoms with Gasteiger partial charge in [-0.25, -0.2) is 9.18 Å². The van der Waals surface area contributed by atoms with Crippen LogP contribution in [0.1, 0.15) is 38.3 Å². The average Bonchev–Trinajstić information content (AvgIpc) is 3.48. The van der Waals surface area contributed by atoms with Gasteiger partial charge in [-0.1, -0.05) is 42.5 Å². The summed E-state index contributed by atoms with van der Waals surface area (Å²) in [5.41, 5.74) is 4.39. The van der Waals surface area contributed by atoms with Crippen LogP contribution in [0.25, 0.3) is 22.0 Å². The summed E-state index contributed by atoms with van der Waals surface area (Å²) in [7, 11) is 0. The molecule has 7 nitrogen and oxygen atoms in total. The first-order valence-electron chi connectivity index (χ1n) is 13.5. The average molecular weight is 542 g/mol. The van der Waals surface area contributed by atoms with E-state index in [0.29, 0.717) is 18.2 Å². The van der Waals surface area contributed by atoms with Crippen LogP contribution in [0.2, 0.25) is 0 Å². The number of fused-ring (bicyclic) bond motifs is 1. The highest BCUT2D eigenvalue weighted by atomic mass is 19.1. The van der Waals surface area contributed by atoms with E-state index >= 15 is 0 Å². The lowest BCUT2D eigenvalue weighted by Gasteiger charge is -2.37. The van der Waals surface area contributed by atoms with E-state index < -0.39 is 5.60 Å². The van der Waals surface area contributed by atoms with E-state index in [-0.39, 0.29) is 18.1 Å². The van der Waals surface area contributed by atoms with E-state index in [2.05, 4.69) is 41.6 Å². The van der Waals surface area contributed by atoms with Gasteiger partial charge in [-0.3, -0.25) is 9.80 Å². The molecule has 2 aliphatic heterocycles. The number of carbonyl (C=O) groups is 1. The number of hydrogen-bond donors (Lipinski definition) is 0. The van der Waals surface area contributed by atoms with Crippen molar-refractivity contribution in [2.24, 2.45) is 0 Å². The predicted molar refractivity (Wildman–Crippen MR) is 150 cm³/mol. The minimum absolute atomic E-state index is 0.205. The summed E-state index contributed by atoms with van der Waals surface area (Å²) in [5.74, 6) is -0.205. The minimum atomic E-state index is -0.423. The van der Waals surface area contributed by atoms with E-state index in [9.17, 15) is 9.18 Å². The van der Waals surface area contributed by atoms with Crippen LogP contribution in [0.4, 0.5) is 14.9 Å². The van der Waals surface area contributed by atoms with E-state index in [4.69, 9.17) is 14.3 Å². The minimum Gasteiger partial charge on any atom is -0.441 e. The Morgan fingerprint density at radius 1 is 0.975 bits per heavy atom. The predicted octanol–water partition coefficient (Wildman–Crippen LogP) is 6.44. The molecule has 2 saturated heterocycles. The summed E-state index contributed by atoms with van der Waals surface area (Å²) in [6, 6.07) is 23.3. The molecule has 2 fully saturated rings. The van der Waals surface area contributed by atoms with Gasteiger partial charge < -0.3 is 9.30 Å². The lowest BCUT2D eigenvalue weighted by atomic mass is 9.91. The molecule has 0 unspecified atom stereocenters. The van der Waals surface area contributed by atoms with Crippen molar-refractivity contribution in [2.75, 3.05) is 24.5 Å². The number of likely N-dealkylation sites (tertiary alicyclic amines) is 1. The molecule has 3 heterocycles. The summed E-state index contributed by atoms with van der Waals surface area (Å²) < 4.78 is 22.8. The Kier molecular flexibility index (Phi) is 7.83. The van der Waals surface area contributed by atoms with Crippen LogP contribution in [0.3, 0.4) is 0 Å². The zero-order chi connectivity index (χ0) is 28.3. The van der Waals surface area contributed by atoms with E-state index in [1.54, 1.807) is 11.0 Å². The Morgan fingerprint density at radius 2 is 1.65 bits per heavy atom. The molecular formula is C32H32FN3O4. The molecule has 206 valence electrons. The van der Waals surface area contributed by atoms with Crippen molar-refractivity contribution < 1.29 is 23.5 Å². The van der Waals surface area contributed by atoms with Gasteiger partial charge in [0.1, 0.15) is 11.4 Å². The van der Waals surface area contributed by atoms with Crippen LogP contribution in [-0.4, -0.2) is 46.9 Å². The van der Waals surface area contributed by atoms with Gasteiger partial charge in [-0.05, 0) is 55.3 Å². The second kappa shape index (κ2) is 11.5. The third-order valence-corrected chi connectivity index (χ3v) is 7.86. The monoisotopic (exact) mass is 541 g/mol. The molecule has 0 radical (unpaired) electrons. The highest BCUT2D eigenvalue weighted by molar-refractivity contribution is 5.90. The summed E-state index contributed by atoms with van der Waals surface area (Å²) in [5, 5.41) is 1.16. The van der Waals surface area contributed by atoms with Crippen molar-refractivity contribution in [3.05, 3.63) is 90.4 Å². The molecule has 4 aromatic rings. The van der Waals surface area contributed by atoms with Crippen molar-refractivity contribution in [1.29, 1.82) is 0 Å². The molecule has 2 aliphatic rings. The number of hydrogen-bond acceptors (Lipinski definition) is 5. The molecule has 0 saturated carbocycles. The summed E-state index contributed by atoms with van der Waals surface area (Å²) in [4.78, 5) is 33.1. The fourth-order valence-electron chi connectivity index (χ4n) is 5.79. The Morgan fingerprint density at radius 3 is 2.33 bits per heavy atom. The van der Waals surface area contributed by atoms with Gasteiger partial charge in [0, 0.05) is 66.9 Å². The lowest BCUT2D eigenvalue weighted by Crippen LogP contribution is -2.46. The van der Waals surface area contributed by atoms with Crippen molar-refractivity contribution in [1.82, 2.24) is 9.47 Å². The van der Waals surface area contributed by atoms with Gasteiger partial charge in [-0.2, -0.15) is 9.59 Å². The third kappa shape index (κ3) is 5.41. The highest BCUT2D eigenvalue weighted by Crippen LogP contribution is 2.37. The molecule has 6 rings (SSSR count). The number of ether oxygens (including phenoxy) is 1. The lowest BCUT2D eigenvalue weighted by molar-refractivity contribution is -0.191. The summed E-state index contributed by atoms with van der Waals surface area (Å²) >= 11 is 0. The van der Waals surface area contributed by atoms with Crippen LogP contribution >= 0.6 is 0 Å². The standard InChI is InChI=1S/C31H32FN3O2.CO2/c1-22(2)34-20-24(27-18-23(12-13-29(27)34)26-10-6-7-11-28(26)32)19-33-16-14-31(15-17-33)21-35(30(36)37-31)25-8-4-3-5-9-25;2-1-3/h3-13,18,20,22H,14-17,19,21H2,1-2H3;. The van der Waals surface area contributed by atoms with Crippen LogP contribution < -0.4 is 4.90 Å². The fraction of sp³-hybridized carbons (Fsp3) is 0.312. The molecule has 1 spiro atoms. The maximum absolute atomic E-state index is 14.5. The van der Waals surface area contributed by atoms with Crippen LogP contribution in [0, 0.1) is 5.82 Å². The second-order valence-electron chi connectivity index (χ2n) is 10.7. The quantitative estimate of drug-likeness (QED) is 0.291. The van der Waals surface area contributed by atoms with Gasteiger partial charge in [0.2, 0.25) is 0 Å². The number of rotatable bonds is 5. The Labute approximate surface area is 232 Å². The molecule has 1 amide bonds. The number of nitrogens with zero attached hydrogens (tertiary/aromatic N) is 3. The number of piperidine rings is 1. The van der Waals surface area contributed by atoms with E-state index in [0.717, 1.165) is 49.1 Å². The molecule has 3 aromatic carbocycles. The molecule has 0 aliphatic carbocycles. The molecule has 1 aromatic heterocycles. The summed E-state index contributed by atoms with van der Waals surface area (Å²) in [6.07, 6.45) is 3.87. The van der Waals surface area contributed by atoms with Crippen molar-refractivity contribution in [3.63, 3.8) is 0 Å². The van der Waals surface area contributed by atoms with Gasteiger partial charge in [0.25, 0.3) is 0 Å². The molecule has 0 bridgehead atoms. The number of aromatic nitrogens is 1. The number of halogens is 1. The van der Waals surface area contributed by atoms with E-state index in [1.165, 1.54) is 17.1 Å². The van der Waals surface area contributed by atoms with Crippen LogP contribution in [-0.2, 0) is 20.9 Å². The number of carbonyl (C=O) groups excluding carboxylic acids is 3. The van der Waals surface area contributed by atoms with Crippen molar-refractivity contribution >= 4 is 28.8 Å². The number of anilines is 1. The molecule has 0 atom stereocenters. The van der Waals surface area contributed by atoms with Crippen LogP contribution in [0.15, 0.2) is 79.0 Å². The van der Waals surface area contributed by atoms with Gasteiger partial charge >= 0.3 is 12.2 Å². The maximum Gasteiger partial charge on any atom is 0.415 e. The normalized spacial score (nSPS) is 16.6. The molecule has 8 heteroatoms. The maximum atomic E-state index is 14.5. The highest BCUT2D eigenvalue weighted by Gasteiger charge is 2.47. The second-order valence-corrected chi connectivity index (χ2v) is 10.7. The Hall–Kier alpha value is -4.26.